The van der Waals surface area contributed by atoms with Crippen molar-refractivity contribution in [3.8, 4) is 11.4 Å². The van der Waals surface area contributed by atoms with Crippen molar-refractivity contribution in [3.63, 3.8) is 0 Å². The van der Waals surface area contributed by atoms with E-state index in [1.807, 2.05) is 6.07 Å². The summed E-state index contributed by atoms with van der Waals surface area (Å²) in [5.74, 6) is -0.119. The summed E-state index contributed by atoms with van der Waals surface area (Å²) in [7, 11) is 0. The molecule has 11 heteroatoms. The number of likely N-dealkylation sites (tertiary alicyclic amines) is 1. The van der Waals surface area contributed by atoms with Crippen molar-refractivity contribution >= 4 is 29.6 Å². The lowest BCUT2D eigenvalue weighted by molar-refractivity contribution is -0.132. The van der Waals surface area contributed by atoms with Crippen LogP contribution >= 0.6 is 11.6 Å². The Bertz CT molecular complexity index is 1290. The Balaban J connectivity index is 1.39. The largest absolute Gasteiger partial charge is 0.444 e. The van der Waals surface area contributed by atoms with Gasteiger partial charge in [0.15, 0.2) is 0 Å². The number of amides is 2. The number of nitrogens with one attached hydrogen (secondary N) is 2. The van der Waals surface area contributed by atoms with Gasteiger partial charge in [-0.2, -0.15) is 4.98 Å². The van der Waals surface area contributed by atoms with Gasteiger partial charge in [-0.3, -0.25) is 4.79 Å². The summed E-state index contributed by atoms with van der Waals surface area (Å²) >= 11 is 6.05. The molecule has 0 bridgehead atoms. The number of hydrogen-bond donors (Lipinski definition) is 2. The molecule has 208 valence electrons. The lowest BCUT2D eigenvalue weighted by Crippen LogP contribution is -2.46. The van der Waals surface area contributed by atoms with E-state index in [1.54, 1.807) is 62.1 Å². The third kappa shape index (κ3) is 8.16. The summed E-state index contributed by atoms with van der Waals surface area (Å²) in [6.07, 6.45) is 1.15. The van der Waals surface area contributed by atoms with Gasteiger partial charge in [-0.05, 0) is 63.8 Å². The molecule has 0 aliphatic carbocycles. The number of alkyl carbamates (subject to hydrolysis) is 1. The number of halogens is 2. The van der Waals surface area contributed by atoms with Crippen LogP contribution in [0.3, 0.4) is 0 Å². The number of rotatable bonds is 9. The number of hydrogen-bond acceptors (Lipinski definition) is 7. The smallest absolute Gasteiger partial charge is 0.407 e. The molecule has 3 aromatic rings. The van der Waals surface area contributed by atoms with Crippen molar-refractivity contribution in [2.75, 3.05) is 18.4 Å². The molecule has 1 aliphatic rings. The van der Waals surface area contributed by atoms with Crippen molar-refractivity contribution in [1.82, 2.24) is 20.4 Å². The fourth-order valence-corrected chi connectivity index (χ4v) is 4.72. The maximum absolute atomic E-state index is 14.4. The minimum absolute atomic E-state index is 0.00352. The Labute approximate surface area is 232 Å². The van der Waals surface area contributed by atoms with Crippen LogP contribution in [-0.2, 0) is 16.0 Å². The summed E-state index contributed by atoms with van der Waals surface area (Å²) in [6, 6.07) is 13.0. The molecule has 2 amide bonds. The molecule has 1 fully saturated rings. The molecule has 2 heterocycles. The fourth-order valence-electron chi connectivity index (χ4n) is 4.53. The Hall–Kier alpha value is -3.66. The zero-order valence-electron chi connectivity index (χ0n) is 22.2. The number of nitrogens with zero attached hydrogens (tertiary/aromatic N) is 3. The van der Waals surface area contributed by atoms with Gasteiger partial charge in [0, 0.05) is 42.2 Å². The number of carbonyl (C=O) groups is 2. The van der Waals surface area contributed by atoms with Crippen LogP contribution in [-0.4, -0.2) is 57.8 Å². The predicted octanol–water partition coefficient (Wildman–Crippen LogP) is 5.46. The highest BCUT2D eigenvalue weighted by atomic mass is 35.5. The first-order valence-corrected chi connectivity index (χ1v) is 13.3. The molecule has 2 aromatic carbocycles. The molecule has 0 unspecified atom stereocenters. The molecule has 1 aromatic heterocycles. The molecule has 2 N–H and O–H groups in total. The highest BCUT2D eigenvalue weighted by Crippen LogP contribution is 2.23. The Morgan fingerprint density at radius 1 is 1.23 bits per heavy atom. The molecule has 2 atom stereocenters. The van der Waals surface area contributed by atoms with Gasteiger partial charge >= 0.3 is 12.1 Å². The quantitative estimate of drug-likeness (QED) is 0.359. The van der Waals surface area contributed by atoms with Gasteiger partial charge in [-0.1, -0.05) is 47.1 Å². The monoisotopic (exact) mass is 557 g/mol. The second-order valence-corrected chi connectivity index (χ2v) is 11.0. The van der Waals surface area contributed by atoms with E-state index in [9.17, 15) is 14.0 Å². The minimum atomic E-state index is -0.705. The molecular weight excluding hydrogens is 525 g/mol. The van der Waals surface area contributed by atoms with Crippen molar-refractivity contribution in [3.05, 3.63) is 64.9 Å². The highest BCUT2D eigenvalue weighted by molar-refractivity contribution is 6.30. The first-order chi connectivity index (χ1) is 18.6. The standard InChI is InChI=1S/C28H33ClFN5O4/c1-28(2,3)38-27(37)32-21(15-18-8-4-5-12-23(18)30)16-24(36)35-13-7-11-22(35)17-31-26-33-25(34-39-26)19-9-6-10-20(29)14-19/h4-6,8-10,12,14,21-22H,7,11,13,15-17H2,1-3H3,(H,32,37)(H,31,33,34)/t21-,22+/m1/s1. The van der Waals surface area contributed by atoms with Crippen LogP contribution < -0.4 is 10.6 Å². The molecular formula is C28H33ClFN5O4. The van der Waals surface area contributed by atoms with Gasteiger partial charge in [0.05, 0.1) is 0 Å². The van der Waals surface area contributed by atoms with Crippen LogP contribution in [0.4, 0.5) is 15.2 Å². The first kappa shape index (κ1) is 28.4. The van der Waals surface area contributed by atoms with Crippen LogP contribution in [0.1, 0.15) is 45.6 Å². The molecule has 9 nitrogen and oxygen atoms in total. The zero-order valence-corrected chi connectivity index (χ0v) is 23.0. The van der Waals surface area contributed by atoms with Gasteiger partial charge in [-0.25, -0.2) is 9.18 Å². The SMILES string of the molecule is CC(C)(C)OC(=O)N[C@@H](CC(=O)N1CCC[C@H]1CNc1nc(-c2cccc(Cl)c2)no1)Cc1ccccc1F. The normalized spacial score (nSPS) is 16.1. The molecule has 0 radical (unpaired) electrons. The van der Waals surface area contributed by atoms with Gasteiger partial charge < -0.3 is 24.8 Å². The molecule has 0 saturated carbocycles. The van der Waals surface area contributed by atoms with Crippen molar-refractivity contribution in [1.29, 1.82) is 0 Å². The summed E-state index contributed by atoms with van der Waals surface area (Å²) in [4.78, 5) is 32.0. The minimum Gasteiger partial charge on any atom is -0.444 e. The van der Waals surface area contributed by atoms with Crippen molar-refractivity contribution in [2.24, 2.45) is 0 Å². The fraction of sp³-hybridized carbons (Fsp3) is 0.429. The van der Waals surface area contributed by atoms with E-state index in [0.29, 0.717) is 29.5 Å². The lowest BCUT2D eigenvalue weighted by atomic mass is 10.0. The number of carbonyl (C=O) groups excluding carboxylic acids is 2. The van der Waals surface area contributed by atoms with Gasteiger partial charge in [0.25, 0.3) is 0 Å². The van der Waals surface area contributed by atoms with Crippen LogP contribution in [0.15, 0.2) is 53.1 Å². The van der Waals surface area contributed by atoms with Crippen LogP contribution in [0.2, 0.25) is 5.02 Å². The average Bonchev–Trinajstić information content (AvgIpc) is 3.52. The summed E-state index contributed by atoms with van der Waals surface area (Å²) in [5, 5.41) is 10.5. The van der Waals surface area contributed by atoms with E-state index in [0.717, 1.165) is 18.4 Å². The Morgan fingerprint density at radius 2 is 2.03 bits per heavy atom. The summed E-state index contributed by atoms with van der Waals surface area (Å²) < 4.78 is 25.1. The predicted molar refractivity (Wildman–Crippen MR) is 146 cm³/mol. The number of aromatic nitrogens is 2. The number of anilines is 1. The van der Waals surface area contributed by atoms with E-state index in [1.165, 1.54) is 6.07 Å². The van der Waals surface area contributed by atoms with E-state index in [2.05, 4.69) is 20.8 Å². The Kier molecular flexibility index (Phi) is 9.06. The van der Waals surface area contributed by atoms with Crippen molar-refractivity contribution in [2.45, 2.75) is 64.1 Å². The van der Waals surface area contributed by atoms with Gasteiger partial charge in [-0.15, -0.1) is 0 Å². The number of benzene rings is 2. The third-order valence-electron chi connectivity index (χ3n) is 6.26. The summed E-state index contributed by atoms with van der Waals surface area (Å²) in [6.45, 7) is 6.27. The molecule has 0 spiro atoms. The second kappa shape index (κ2) is 12.5. The van der Waals surface area contributed by atoms with E-state index < -0.39 is 17.7 Å². The topological polar surface area (TPSA) is 110 Å². The van der Waals surface area contributed by atoms with Crippen molar-refractivity contribution < 1.29 is 23.2 Å². The summed E-state index contributed by atoms with van der Waals surface area (Å²) in [5.41, 5.74) is 0.442. The third-order valence-corrected chi connectivity index (χ3v) is 6.50. The van der Waals surface area contributed by atoms with Gasteiger partial charge in [0.2, 0.25) is 11.7 Å². The first-order valence-electron chi connectivity index (χ1n) is 12.9. The second-order valence-electron chi connectivity index (χ2n) is 10.5. The van der Waals surface area contributed by atoms with Gasteiger partial charge in [0.1, 0.15) is 11.4 Å². The molecule has 1 saturated heterocycles. The zero-order chi connectivity index (χ0) is 28.0. The maximum Gasteiger partial charge on any atom is 0.407 e. The highest BCUT2D eigenvalue weighted by Gasteiger charge is 2.31. The van der Waals surface area contributed by atoms with Crippen LogP contribution in [0.5, 0.6) is 0 Å². The van der Waals surface area contributed by atoms with Crippen LogP contribution in [0, 0.1) is 5.82 Å². The Morgan fingerprint density at radius 3 is 2.77 bits per heavy atom. The van der Waals surface area contributed by atoms with Crippen LogP contribution in [0.25, 0.3) is 11.4 Å². The number of ether oxygens (including phenoxy) is 1. The molecule has 4 rings (SSSR count). The average molecular weight is 558 g/mol. The van der Waals surface area contributed by atoms with E-state index in [4.69, 9.17) is 20.9 Å². The van der Waals surface area contributed by atoms with E-state index in [-0.39, 0.29) is 36.6 Å². The molecule has 1 aliphatic heterocycles. The van der Waals surface area contributed by atoms with E-state index >= 15 is 0 Å². The molecule has 39 heavy (non-hydrogen) atoms. The lowest BCUT2D eigenvalue weighted by Gasteiger charge is -2.28. The maximum atomic E-state index is 14.4.